The minimum atomic E-state index is 0.739. The summed E-state index contributed by atoms with van der Waals surface area (Å²) in [6.07, 6.45) is 0. The van der Waals surface area contributed by atoms with Crippen molar-refractivity contribution in [2.75, 3.05) is 0 Å². The van der Waals surface area contributed by atoms with Crippen molar-refractivity contribution in [1.29, 1.82) is 0 Å². The molecule has 0 aliphatic heterocycles. The van der Waals surface area contributed by atoms with Gasteiger partial charge >= 0.3 is 0 Å². The van der Waals surface area contributed by atoms with E-state index in [2.05, 4.69) is 115 Å². The zero-order chi connectivity index (χ0) is 21.0. The van der Waals surface area contributed by atoms with Gasteiger partial charge in [0, 0.05) is 5.02 Å². The van der Waals surface area contributed by atoms with Gasteiger partial charge in [0.15, 0.2) is 0 Å². The molecule has 0 saturated carbocycles. The largest absolute Gasteiger partial charge is 0.0843 e. The van der Waals surface area contributed by atoms with Crippen molar-refractivity contribution in [3.8, 4) is 44.5 Å². The first kappa shape index (κ1) is 19.4. The van der Waals surface area contributed by atoms with E-state index >= 15 is 0 Å². The molecule has 0 saturated heterocycles. The van der Waals surface area contributed by atoms with Crippen molar-refractivity contribution in [1.82, 2.24) is 0 Å². The van der Waals surface area contributed by atoms with Crippen LogP contribution in [0.5, 0.6) is 0 Å². The van der Waals surface area contributed by atoms with E-state index in [-0.39, 0.29) is 0 Å². The summed E-state index contributed by atoms with van der Waals surface area (Å²) in [4.78, 5) is 0. The van der Waals surface area contributed by atoms with Crippen molar-refractivity contribution >= 4 is 11.6 Å². The fraction of sp³-hybridized carbons (Fsp3) is 0. The van der Waals surface area contributed by atoms with Crippen LogP contribution in [-0.2, 0) is 0 Å². The van der Waals surface area contributed by atoms with Crippen LogP contribution >= 0.6 is 11.6 Å². The molecule has 5 aromatic carbocycles. The van der Waals surface area contributed by atoms with Crippen LogP contribution in [-0.4, -0.2) is 0 Å². The lowest BCUT2D eigenvalue weighted by Gasteiger charge is -2.19. The van der Waals surface area contributed by atoms with Gasteiger partial charge in [-0.15, -0.1) is 0 Å². The Hall–Kier alpha value is -3.61. The predicted octanol–water partition coefficient (Wildman–Crippen LogP) is 9.01. The molecule has 0 aliphatic rings. The van der Waals surface area contributed by atoms with Gasteiger partial charge in [0.05, 0.1) is 0 Å². The van der Waals surface area contributed by atoms with E-state index < -0.39 is 0 Å². The van der Waals surface area contributed by atoms with Gasteiger partial charge in [-0.05, 0) is 68.8 Å². The third-order valence-electron chi connectivity index (χ3n) is 5.53. The molecule has 5 rings (SSSR count). The second kappa shape index (κ2) is 8.63. The standard InChI is InChI=1S/C30H21Cl/c31-27-18-10-17-25(19-27)30-28(23-13-6-2-7-14-23)20-26(22-11-4-1-5-12-22)21-29(30)24-15-8-3-9-16-24/h1-21H. The molecule has 0 nitrogen and oxygen atoms in total. The topological polar surface area (TPSA) is 0 Å². The van der Waals surface area contributed by atoms with E-state index in [9.17, 15) is 0 Å². The summed E-state index contributed by atoms with van der Waals surface area (Å²) in [5.41, 5.74) is 9.48. The van der Waals surface area contributed by atoms with Crippen molar-refractivity contribution in [2.24, 2.45) is 0 Å². The Labute approximate surface area is 188 Å². The maximum atomic E-state index is 6.42. The molecule has 0 aromatic heterocycles. The van der Waals surface area contributed by atoms with E-state index in [1.165, 1.54) is 38.9 Å². The molecule has 0 unspecified atom stereocenters. The summed E-state index contributed by atoms with van der Waals surface area (Å²) in [6, 6.07) is 44.5. The Balaban J connectivity index is 1.88. The van der Waals surface area contributed by atoms with Crippen LogP contribution in [0.4, 0.5) is 0 Å². The SMILES string of the molecule is Clc1cccc(-c2c(-c3ccccc3)cc(-c3ccccc3)cc2-c2ccccc2)c1. The fourth-order valence-electron chi connectivity index (χ4n) is 4.09. The number of rotatable bonds is 4. The molecule has 31 heavy (non-hydrogen) atoms. The molecule has 0 bridgehead atoms. The molecule has 0 fully saturated rings. The molecule has 1 heteroatoms. The molecule has 0 heterocycles. The van der Waals surface area contributed by atoms with Crippen LogP contribution in [0.3, 0.4) is 0 Å². The summed E-state index contributed by atoms with van der Waals surface area (Å²) >= 11 is 6.42. The maximum absolute atomic E-state index is 6.42. The molecule has 0 aliphatic carbocycles. The highest BCUT2D eigenvalue weighted by atomic mass is 35.5. The third kappa shape index (κ3) is 4.03. The molecule has 0 amide bonds. The Morgan fingerprint density at radius 1 is 0.355 bits per heavy atom. The normalized spacial score (nSPS) is 10.7. The first-order valence-electron chi connectivity index (χ1n) is 10.4. The fourth-order valence-corrected chi connectivity index (χ4v) is 4.28. The number of hydrogen-bond donors (Lipinski definition) is 0. The van der Waals surface area contributed by atoms with E-state index in [0.717, 1.165) is 10.6 Å². The average molecular weight is 417 g/mol. The smallest absolute Gasteiger partial charge is 0.0412 e. The summed E-state index contributed by atoms with van der Waals surface area (Å²) in [5.74, 6) is 0. The molecular formula is C30H21Cl. The Bertz CT molecular complexity index is 1250. The number of halogens is 1. The third-order valence-corrected chi connectivity index (χ3v) is 5.76. The summed E-state index contributed by atoms with van der Waals surface area (Å²) in [6.45, 7) is 0. The Kier molecular flexibility index (Phi) is 5.39. The lowest BCUT2D eigenvalue weighted by molar-refractivity contribution is 1.54. The molecule has 0 spiro atoms. The molecule has 0 atom stereocenters. The van der Waals surface area contributed by atoms with E-state index in [0.29, 0.717) is 0 Å². The van der Waals surface area contributed by atoms with Gasteiger partial charge in [-0.1, -0.05) is 115 Å². The highest BCUT2D eigenvalue weighted by molar-refractivity contribution is 6.31. The minimum Gasteiger partial charge on any atom is -0.0843 e. The van der Waals surface area contributed by atoms with E-state index in [1.54, 1.807) is 0 Å². The minimum absolute atomic E-state index is 0.739. The highest BCUT2D eigenvalue weighted by Gasteiger charge is 2.17. The van der Waals surface area contributed by atoms with Crippen LogP contribution in [0.1, 0.15) is 0 Å². The van der Waals surface area contributed by atoms with Gasteiger partial charge in [-0.25, -0.2) is 0 Å². The van der Waals surface area contributed by atoms with Crippen molar-refractivity contribution in [3.63, 3.8) is 0 Å². The quantitative estimate of drug-likeness (QED) is 0.274. The number of hydrogen-bond acceptors (Lipinski definition) is 0. The van der Waals surface area contributed by atoms with Gasteiger partial charge in [0.1, 0.15) is 0 Å². The lowest BCUT2D eigenvalue weighted by Crippen LogP contribution is -1.93. The molecule has 0 N–H and O–H groups in total. The summed E-state index contributed by atoms with van der Waals surface area (Å²) in [5, 5.41) is 0.739. The highest BCUT2D eigenvalue weighted by Crippen LogP contribution is 2.43. The maximum Gasteiger partial charge on any atom is 0.0412 e. The first-order valence-corrected chi connectivity index (χ1v) is 10.8. The van der Waals surface area contributed by atoms with Gasteiger partial charge in [-0.3, -0.25) is 0 Å². The van der Waals surface area contributed by atoms with Gasteiger partial charge in [0.25, 0.3) is 0 Å². The Morgan fingerprint density at radius 3 is 1.29 bits per heavy atom. The Morgan fingerprint density at radius 2 is 0.806 bits per heavy atom. The van der Waals surface area contributed by atoms with Gasteiger partial charge in [0.2, 0.25) is 0 Å². The van der Waals surface area contributed by atoms with Crippen molar-refractivity contribution in [3.05, 3.63) is 132 Å². The van der Waals surface area contributed by atoms with Gasteiger partial charge < -0.3 is 0 Å². The van der Waals surface area contributed by atoms with E-state index in [4.69, 9.17) is 11.6 Å². The number of benzene rings is 5. The van der Waals surface area contributed by atoms with Crippen molar-refractivity contribution < 1.29 is 0 Å². The second-order valence-corrected chi connectivity index (χ2v) is 7.99. The summed E-state index contributed by atoms with van der Waals surface area (Å²) in [7, 11) is 0. The van der Waals surface area contributed by atoms with Crippen LogP contribution in [0, 0.1) is 0 Å². The van der Waals surface area contributed by atoms with Gasteiger partial charge in [-0.2, -0.15) is 0 Å². The van der Waals surface area contributed by atoms with Crippen LogP contribution < -0.4 is 0 Å². The van der Waals surface area contributed by atoms with Crippen molar-refractivity contribution in [2.45, 2.75) is 0 Å². The molecular weight excluding hydrogens is 396 g/mol. The molecule has 0 radical (unpaired) electrons. The zero-order valence-corrected chi connectivity index (χ0v) is 17.8. The first-order chi connectivity index (χ1) is 15.3. The lowest BCUT2D eigenvalue weighted by atomic mass is 9.85. The summed E-state index contributed by atoms with van der Waals surface area (Å²) < 4.78 is 0. The second-order valence-electron chi connectivity index (χ2n) is 7.55. The molecule has 5 aromatic rings. The zero-order valence-electron chi connectivity index (χ0n) is 17.0. The average Bonchev–Trinajstić information content (AvgIpc) is 2.85. The van der Waals surface area contributed by atoms with Crippen LogP contribution in [0.25, 0.3) is 44.5 Å². The van der Waals surface area contributed by atoms with Crippen LogP contribution in [0.2, 0.25) is 5.02 Å². The predicted molar refractivity (Wildman–Crippen MR) is 133 cm³/mol. The van der Waals surface area contributed by atoms with E-state index in [1.807, 2.05) is 12.1 Å². The molecule has 148 valence electrons. The monoisotopic (exact) mass is 416 g/mol. The van der Waals surface area contributed by atoms with Crippen LogP contribution in [0.15, 0.2) is 127 Å².